The second-order valence-corrected chi connectivity index (χ2v) is 9.46. The molecule has 2 aromatic heterocycles. The molecular formula is C23H27N5O2S. The molecule has 2 aliphatic rings. The summed E-state index contributed by atoms with van der Waals surface area (Å²) in [6.45, 7) is 5.82. The summed E-state index contributed by atoms with van der Waals surface area (Å²) in [5, 5.41) is 0. The molecule has 2 fully saturated rings. The summed E-state index contributed by atoms with van der Waals surface area (Å²) in [5.74, 6) is 0.0129. The number of hydrogen-bond donors (Lipinski definition) is 0. The summed E-state index contributed by atoms with van der Waals surface area (Å²) in [5.41, 5.74) is 2.44. The highest BCUT2D eigenvalue weighted by Crippen LogP contribution is 2.25. The molecule has 2 saturated heterocycles. The average Bonchev–Trinajstić information content (AvgIpc) is 3.42. The molecule has 3 aromatic rings. The Morgan fingerprint density at radius 3 is 2.45 bits per heavy atom. The summed E-state index contributed by atoms with van der Waals surface area (Å²) in [6, 6.07) is 9.86. The molecule has 0 aliphatic carbocycles. The number of anilines is 1. The summed E-state index contributed by atoms with van der Waals surface area (Å²) < 4.78 is 2.10. The number of nitrogens with zero attached hydrogens (tertiary/aromatic N) is 5. The van der Waals surface area contributed by atoms with Crippen LogP contribution in [0, 0.1) is 0 Å². The number of thiophene rings is 1. The third-order valence-electron chi connectivity index (χ3n) is 6.25. The molecule has 0 unspecified atom stereocenters. The highest BCUT2D eigenvalue weighted by atomic mass is 32.1. The molecule has 0 N–H and O–H groups in total. The van der Waals surface area contributed by atoms with Crippen molar-refractivity contribution in [2.45, 2.75) is 19.3 Å². The first-order valence-electron chi connectivity index (χ1n) is 10.9. The van der Waals surface area contributed by atoms with Gasteiger partial charge in [0.1, 0.15) is 11.0 Å². The lowest BCUT2D eigenvalue weighted by Gasteiger charge is -2.23. The maximum Gasteiger partial charge on any atom is 0.275 e. The number of benzene rings is 1. The summed E-state index contributed by atoms with van der Waals surface area (Å²) in [4.78, 5) is 37.5. The van der Waals surface area contributed by atoms with Crippen LogP contribution in [0.15, 0.2) is 41.5 Å². The van der Waals surface area contributed by atoms with Gasteiger partial charge in [0.2, 0.25) is 0 Å². The number of amides is 1. The largest absolute Gasteiger partial charge is 0.370 e. The molecule has 7 nitrogen and oxygen atoms in total. The fraction of sp³-hybridized carbons (Fsp3) is 0.435. The van der Waals surface area contributed by atoms with Crippen molar-refractivity contribution in [3.05, 3.63) is 51.9 Å². The van der Waals surface area contributed by atoms with Crippen molar-refractivity contribution in [3.63, 3.8) is 0 Å². The van der Waals surface area contributed by atoms with Crippen LogP contribution in [0.4, 0.5) is 5.69 Å². The van der Waals surface area contributed by atoms with Crippen molar-refractivity contribution in [3.8, 4) is 5.69 Å². The standard InChI is InChI=1S/C23H27N5O2S/c1-25-9-4-12-26(14-13-25)17-5-7-18(8-6-17)28-16-24-19-15-20(31-21(19)23(28)30)22(29)27-10-2-3-11-27/h5-8,15-16H,2-4,9-14H2,1H3. The van der Waals surface area contributed by atoms with E-state index in [1.807, 2.05) is 17.0 Å². The lowest BCUT2D eigenvalue weighted by atomic mass is 10.2. The van der Waals surface area contributed by atoms with Gasteiger partial charge in [-0.3, -0.25) is 14.2 Å². The fourth-order valence-electron chi connectivity index (χ4n) is 4.41. The predicted molar refractivity (Wildman–Crippen MR) is 125 cm³/mol. The summed E-state index contributed by atoms with van der Waals surface area (Å²) in [7, 11) is 2.16. The van der Waals surface area contributed by atoms with Crippen molar-refractivity contribution in [1.82, 2.24) is 19.4 Å². The Kier molecular flexibility index (Phi) is 5.50. The second kappa shape index (κ2) is 8.43. The number of hydrogen-bond acceptors (Lipinski definition) is 6. The zero-order chi connectivity index (χ0) is 21.4. The Bertz CT molecular complexity index is 1150. The van der Waals surface area contributed by atoms with Crippen LogP contribution >= 0.6 is 11.3 Å². The molecule has 8 heteroatoms. The highest BCUT2D eigenvalue weighted by Gasteiger charge is 2.22. The first kappa shape index (κ1) is 20.2. The van der Waals surface area contributed by atoms with Crippen LogP contribution < -0.4 is 10.5 Å². The topological polar surface area (TPSA) is 61.7 Å². The van der Waals surface area contributed by atoms with E-state index >= 15 is 0 Å². The van der Waals surface area contributed by atoms with Gasteiger partial charge in [-0.2, -0.15) is 0 Å². The number of likely N-dealkylation sites (N-methyl/N-ethyl adjacent to an activating group) is 1. The normalized spacial score (nSPS) is 18.0. The van der Waals surface area contributed by atoms with Gasteiger partial charge in [0.05, 0.1) is 16.1 Å². The number of aromatic nitrogens is 2. The number of carbonyl (C=O) groups excluding carboxylic acids is 1. The lowest BCUT2D eigenvalue weighted by molar-refractivity contribution is 0.0797. The molecule has 0 saturated carbocycles. The van der Waals surface area contributed by atoms with Gasteiger partial charge in [0, 0.05) is 38.4 Å². The van der Waals surface area contributed by atoms with Crippen molar-refractivity contribution in [2.75, 3.05) is 51.2 Å². The van der Waals surface area contributed by atoms with Gasteiger partial charge in [-0.15, -0.1) is 11.3 Å². The average molecular weight is 438 g/mol. The summed E-state index contributed by atoms with van der Waals surface area (Å²) in [6.07, 6.45) is 4.81. The van der Waals surface area contributed by atoms with E-state index in [9.17, 15) is 9.59 Å². The molecule has 0 spiro atoms. The lowest BCUT2D eigenvalue weighted by Crippen LogP contribution is -2.28. The molecular weight excluding hydrogens is 410 g/mol. The van der Waals surface area contributed by atoms with Gasteiger partial charge >= 0.3 is 0 Å². The van der Waals surface area contributed by atoms with Gasteiger partial charge in [-0.05, 0) is 63.2 Å². The Morgan fingerprint density at radius 2 is 1.68 bits per heavy atom. The van der Waals surface area contributed by atoms with E-state index in [4.69, 9.17) is 0 Å². The van der Waals surface area contributed by atoms with Crippen LogP contribution in [-0.4, -0.2) is 71.6 Å². The molecule has 5 rings (SSSR count). The Labute approximate surface area is 185 Å². The summed E-state index contributed by atoms with van der Waals surface area (Å²) >= 11 is 1.26. The Morgan fingerprint density at radius 1 is 0.935 bits per heavy atom. The minimum absolute atomic E-state index is 0.0129. The van der Waals surface area contributed by atoms with E-state index in [0.717, 1.165) is 64.2 Å². The van der Waals surface area contributed by atoms with E-state index in [2.05, 4.69) is 34.0 Å². The van der Waals surface area contributed by atoms with Crippen LogP contribution in [0.25, 0.3) is 15.9 Å². The van der Waals surface area contributed by atoms with Crippen LogP contribution in [0.2, 0.25) is 0 Å². The monoisotopic (exact) mass is 437 g/mol. The third-order valence-corrected chi connectivity index (χ3v) is 7.35. The third kappa shape index (κ3) is 3.97. The molecule has 0 radical (unpaired) electrons. The fourth-order valence-corrected chi connectivity index (χ4v) is 5.42. The minimum atomic E-state index is -0.125. The molecule has 1 amide bonds. The number of likely N-dealkylation sites (tertiary alicyclic amines) is 1. The Balaban J connectivity index is 1.41. The molecule has 0 bridgehead atoms. The van der Waals surface area contributed by atoms with Crippen molar-refractivity contribution in [2.24, 2.45) is 0 Å². The van der Waals surface area contributed by atoms with Crippen molar-refractivity contribution in [1.29, 1.82) is 0 Å². The van der Waals surface area contributed by atoms with Gasteiger partial charge in [0.25, 0.3) is 11.5 Å². The van der Waals surface area contributed by atoms with E-state index < -0.39 is 0 Å². The maximum absolute atomic E-state index is 13.1. The SMILES string of the molecule is CN1CCCN(c2ccc(-n3cnc4cc(C(=O)N5CCCC5)sc4c3=O)cc2)CC1. The van der Waals surface area contributed by atoms with Crippen molar-refractivity contribution < 1.29 is 4.79 Å². The maximum atomic E-state index is 13.1. The first-order chi connectivity index (χ1) is 15.1. The number of rotatable bonds is 3. The van der Waals surface area contributed by atoms with Crippen molar-refractivity contribution >= 4 is 33.1 Å². The van der Waals surface area contributed by atoms with Crippen LogP contribution in [-0.2, 0) is 0 Å². The van der Waals surface area contributed by atoms with Gasteiger partial charge in [-0.1, -0.05) is 0 Å². The van der Waals surface area contributed by atoms with Crippen LogP contribution in [0.1, 0.15) is 28.9 Å². The first-order valence-corrected chi connectivity index (χ1v) is 11.8. The quantitative estimate of drug-likeness (QED) is 0.631. The Hall–Kier alpha value is -2.71. The molecule has 162 valence electrons. The minimum Gasteiger partial charge on any atom is -0.370 e. The number of fused-ring (bicyclic) bond motifs is 1. The van der Waals surface area contributed by atoms with E-state index in [0.29, 0.717) is 15.1 Å². The highest BCUT2D eigenvalue weighted by molar-refractivity contribution is 7.20. The zero-order valence-corrected chi connectivity index (χ0v) is 18.6. The molecule has 2 aliphatic heterocycles. The van der Waals surface area contributed by atoms with Gasteiger partial charge in [-0.25, -0.2) is 4.98 Å². The van der Waals surface area contributed by atoms with Gasteiger partial charge < -0.3 is 14.7 Å². The second-order valence-electron chi connectivity index (χ2n) is 8.40. The van der Waals surface area contributed by atoms with E-state index in [-0.39, 0.29) is 11.5 Å². The van der Waals surface area contributed by atoms with Crippen LogP contribution in [0.5, 0.6) is 0 Å². The van der Waals surface area contributed by atoms with Gasteiger partial charge in [0.15, 0.2) is 0 Å². The van der Waals surface area contributed by atoms with E-state index in [1.54, 1.807) is 17.0 Å². The molecule has 1 aromatic carbocycles. The molecule has 31 heavy (non-hydrogen) atoms. The molecule has 4 heterocycles. The number of carbonyl (C=O) groups is 1. The van der Waals surface area contributed by atoms with Crippen LogP contribution in [0.3, 0.4) is 0 Å². The molecule has 0 atom stereocenters. The zero-order valence-electron chi connectivity index (χ0n) is 17.8. The van der Waals surface area contributed by atoms with E-state index in [1.165, 1.54) is 17.0 Å². The smallest absolute Gasteiger partial charge is 0.275 e. The predicted octanol–water partition coefficient (Wildman–Crippen LogP) is 2.83.